The number of hydrogen-bond donors (Lipinski definition) is 0. The van der Waals surface area contributed by atoms with Crippen molar-refractivity contribution in [3.63, 3.8) is 0 Å². The van der Waals surface area contributed by atoms with Gasteiger partial charge in [-0.25, -0.2) is 0 Å². The molecule has 3 aromatic carbocycles. The van der Waals surface area contributed by atoms with E-state index in [1.165, 1.54) is 68.9 Å². The summed E-state index contributed by atoms with van der Waals surface area (Å²) in [6.45, 7) is 22.6. The number of benzene rings is 3. The topological polar surface area (TPSA) is 27.7 Å². The number of hydrogen-bond acceptors (Lipinski definition) is 3. The van der Waals surface area contributed by atoms with E-state index in [4.69, 9.17) is 14.2 Å². The quantitative estimate of drug-likeness (QED) is 0.203. The predicted molar refractivity (Wildman–Crippen MR) is 192 cm³/mol. The molecule has 42 heavy (non-hydrogen) atoms. The van der Waals surface area contributed by atoms with E-state index in [9.17, 15) is 0 Å². The first-order chi connectivity index (χ1) is 20.0. The molecule has 3 rings (SSSR count). The van der Waals surface area contributed by atoms with Gasteiger partial charge in [0, 0.05) is 0 Å². The lowest BCUT2D eigenvalue weighted by Gasteiger charge is -2.31. The summed E-state index contributed by atoms with van der Waals surface area (Å²) in [5, 5.41) is 3.04. The number of aryl methyl sites for hydroxylation is 4. The molecular weight excluding hydrogens is 549 g/mol. The van der Waals surface area contributed by atoms with Gasteiger partial charge in [0.05, 0.1) is 37.5 Å². The Morgan fingerprint density at radius 3 is 1.26 bits per heavy atom. The van der Waals surface area contributed by atoms with E-state index < -0.39 is 16.1 Å². The maximum atomic E-state index is 5.63. The van der Waals surface area contributed by atoms with E-state index >= 15 is 0 Å². The molecule has 0 aliphatic rings. The second kappa shape index (κ2) is 18.2. The van der Waals surface area contributed by atoms with Crippen molar-refractivity contribution in [1.29, 1.82) is 0 Å². The molecule has 0 bridgehead atoms. The van der Waals surface area contributed by atoms with Crippen LogP contribution in [0.25, 0.3) is 0 Å². The Bertz CT molecular complexity index is 1180. The lowest BCUT2D eigenvalue weighted by molar-refractivity contribution is 0.414. The van der Waals surface area contributed by atoms with Crippen LogP contribution >= 0.6 is 0 Å². The van der Waals surface area contributed by atoms with Crippen LogP contribution in [-0.2, 0) is 0 Å². The van der Waals surface area contributed by atoms with E-state index in [-0.39, 0.29) is 0 Å². The number of rotatable bonds is 11. The van der Waals surface area contributed by atoms with Crippen molar-refractivity contribution in [1.82, 2.24) is 0 Å². The van der Waals surface area contributed by atoms with E-state index in [0.29, 0.717) is 0 Å². The van der Waals surface area contributed by atoms with Crippen molar-refractivity contribution in [2.75, 3.05) is 21.3 Å². The zero-order valence-electron chi connectivity index (χ0n) is 29.2. The number of ether oxygens (including phenoxy) is 3. The van der Waals surface area contributed by atoms with Crippen molar-refractivity contribution >= 4 is 26.5 Å². The third kappa shape index (κ3) is 9.50. The van der Waals surface area contributed by atoms with E-state index in [1.807, 2.05) is 24.3 Å². The summed E-state index contributed by atoms with van der Waals surface area (Å²) in [4.78, 5) is 0. The molecule has 0 aliphatic carbocycles. The molecule has 0 N–H and O–H groups in total. The van der Waals surface area contributed by atoms with E-state index in [1.54, 1.807) is 21.3 Å². The minimum Gasteiger partial charge on any atom is -0.497 e. The SMILES string of the molecule is CC[Si](CC)(CC)c1cc(C)c(C)cc1OC.CC[Si](CC)(CC)c1cc(C)ccc1OC.COc1ccc(C)cc1. The molecule has 0 saturated carbocycles. The van der Waals surface area contributed by atoms with Gasteiger partial charge in [-0.2, -0.15) is 0 Å². The summed E-state index contributed by atoms with van der Waals surface area (Å²) in [5.41, 5.74) is 5.34. The highest BCUT2D eigenvalue weighted by molar-refractivity contribution is 6.92. The van der Waals surface area contributed by atoms with Crippen LogP contribution in [-0.4, -0.2) is 37.5 Å². The molecular formula is C37H60O3Si2. The maximum Gasteiger partial charge on any atom is 0.118 e. The van der Waals surface area contributed by atoms with Crippen LogP contribution in [0.2, 0.25) is 36.3 Å². The fourth-order valence-electron chi connectivity index (χ4n) is 5.93. The molecule has 0 spiro atoms. The smallest absolute Gasteiger partial charge is 0.118 e. The van der Waals surface area contributed by atoms with Gasteiger partial charge in [0.15, 0.2) is 0 Å². The van der Waals surface area contributed by atoms with Crippen molar-refractivity contribution in [3.8, 4) is 17.2 Å². The van der Waals surface area contributed by atoms with Gasteiger partial charge in [-0.05, 0) is 73.5 Å². The largest absolute Gasteiger partial charge is 0.497 e. The molecule has 0 saturated heterocycles. The predicted octanol–water partition coefficient (Wildman–Crippen LogP) is 9.75. The highest BCUT2D eigenvalue weighted by Crippen LogP contribution is 2.27. The molecule has 0 atom stereocenters. The summed E-state index contributed by atoms with van der Waals surface area (Å²) in [7, 11) is 2.60. The third-order valence-electron chi connectivity index (χ3n) is 9.63. The molecule has 0 aliphatic heterocycles. The van der Waals surface area contributed by atoms with Gasteiger partial charge in [0.1, 0.15) is 17.2 Å². The summed E-state index contributed by atoms with van der Waals surface area (Å²) >= 11 is 0. The summed E-state index contributed by atoms with van der Waals surface area (Å²) in [5.74, 6) is 3.13. The average Bonchev–Trinajstić information content (AvgIpc) is 3.02. The fraction of sp³-hybridized carbons (Fsp3) is 0.514. The molecule has 0 amide bonds. The third-order valence-corrected chi connectivity index (χ3v) is 20.8. The maximum absolute atomic E-state index is 5.63. The van der Waals surface area contributed by atoms with Crippen LogP contribution in [0, 0.1) is 27.7 Å². The Kier molecular flexibility index (Phi) is 16.3. The first kappa shape index (κ1) is 37.5. The Morgan fingerprint density at radius 1 is 0.452 bits per heavy atom. The first-order valence-electron chi connectivity index (χ1n) is 15.9. The van der Waals surface area contributed by atoms with Crippen LogP contribution in [0.15, 0.2) is 54.6 Å². The fourth-order valence-corrected chi connectivity index (χ4v) is 13.7. The van der Waals surface area contributed by atoms with Gasteiger partial charge >= 0.3 is 0 Å². The molecule has 5 heteroatoms. The average molecular weight is 609 g/mol. The Morgan fingerprint density at radius 2 is 0.857 bits per heavy atom. The van der Waals surface area contributed by atoms with Gasteiger partial charge in [0.2, 0.25) is 0 Å². The monoisotopic (exact) mass is 608 g/mol. The van der Waals surface area contributed by atoms with Crippen LogP contribution in [0.1, 0.15) is 63.8 Å². The summed E-state index contributed by atoms with van der Waals surface area (Å²) in [6, 6.07) is 27.0. The molecule has 3 aromatic rings. The normalized spacial score (nSPS) is 11.1. The number of methoxy groups -OCH3 is 3. The summed E-state index contributed by atoms with van der Waals surface area (Å²) in [6.07, 6.45) is 0. The lowest BCUT2D eigenvalue weighted by atomic mass is 10.1. The highest BCUT2D eigenvalue weighted by Gasteiger charge is 2.33. The van der Waals surface area contributed by atoms with Gasteiger partial charge < -0.3 is 14.2 Å². The van der Waals surface area contributed by atoms with Gasteiger partial charge in [-0.3, -0.25) is 0 Å². The molecule has 234 valence electrons. The van der Waals surface area contributed by atoms with Crippen LogP contribution in [0.5, 0.6) is 17.2 Å². The van der Waals surface area contributed by atoms with Crippen molar-refractivity contribution < 1.29 is 14.2 Å². The molecule has 0 aromatic heterocycles. The van der Waals surface area contributed by atoms with Crippen molar-refractivity contribution in [2.45, 2.75) is 106 Å². The minimum absolute atomic E-state index is 0.917. The van der Waals surface area contributed by atoms with Crippen LogP contribution < -0.4 is 24.6 Å². The molecule has 0 radical (unpaired) electrons. The van der Waals surface area contributed by atoms with Crippen molar-refractivity contribution in [2.24, 2.45) is 0 Å². The highest BCUT2D eigenvalue weighted by atomic mass is 28.3. The summed E-state index contributed by atoms with van der Waals surface area (Å²) < 4.78 is 16.1. The van der Waals surface area contributed by atoms with Gasteiger partial charge in [0.25, 0.3) is 0 Å². The van der Waals surface area contributed by atoms with E-state index in [2.05, 4.69) is 99.6 Å². The van der Waals surface area contributed by atoms with Gasteiger partial charge in [-0.1, -0.05) is 119 Å². The molecule has 3 nitrogen and oxygen atoms in total. The van der Waals surface area contributed by atoms with Crippen LogP contribution in [0.4, 0.5) is 0 Å². The van der Waals surface area contributed by atoms with Crippen molar-refractivity contribution in [3.05, 3.63) is 76.9 Å². The minimum atomic E-state index is -1.34. The first-order valence-corrected chi connectivity index (χ1v) is 21.2. The van der Waals surface area contributed by atoms with E-state index in [0.717, 1.165) is 17.2 Å². The standard InChI is InChI=1S/C15H26OSi.C14H24OSi.C8H10O/c1-7-17(8-2,9-3)15-11-13(5)12(4)10-14(15)16-6;1-6-16(7-2,8-3)14-11-12(4)9-10-13(14)15-5;1-7-3-5-8(9-2)6-4-7/h10-11H,7-9H2,1-6H3;9-11H,6-8H2,1-5H3;3-6H,1-2H3. The Hall–Kier alpha value is -2.51. The molecule has 0 fully saturated rings. The second-order valence-electron chi connectivity index (χ2n) is 11.5. The second-order valence-corrected chi connectivity index (χ2v) is 22.0. The molecule has 0 heterocycles. The van der Waals surface area contributed by atoms with Gasteiger partial charge in [-0.15, -0.1) is 0 Å². The zero-order chi connectivity index (χ0) is 31.9. The van der Waals surface area contributed by atoms with Crippen LogP contribution in [0.3, 0.4) is 0 Å². The lowest BCUT2D eigenvalue weighted by Crippen LogP contribution is -2.46. The zero-order valence-corrected chi connectivity index (χ0v) is 31.2. The molecule has 0 unspecified atom stereocenters. The Balaban J connectivity index is 0.000000329. The Labute approximate surface area is 261 Å².